The van der Waals surface area contributed by atoms with Crippen LogP contribution in [0.4, 0.5) is 0 Å². The summed E-state index contributed by atoms with van der Waals surface area (Å²) in [6.07, 6.45) is 2.53. The number of rotatable bonds is 4. The molecule has 0 fully saturated rings. The van der Waals surface area contributed by atoms with Crippen LogP contribution in [0, 0.1) is 5.92 Å². The van der Waals surface area contributed by atoms with Crippen molar-refractivity contribution in [2.24, 2.45) is 5.92 Å². The first-order valence-corrected chi connectivity index (χ1v) is 4.33. The van der Waals surface area contributed by atoms with Gasteiger partial charge in [-0.1, -0.05) is 13.3 Å². The molecule has 0 aromatic heterocycles. The smallest absolute Gasteiger partial charge is 0.00617 e. The third-order valence-electron chi connectivity index (χ3n) is 1.21. The molecule has 0 rings (SSSR count). The quantitative estimate of drug-likeness (QED) is 0.564. The molecular weight excluding hydrogens is 136 g/mol. The first-order chi connectivity index (χ1) is 3.85. The molecule has 0 saturated carbocycles. The highest BCUT2D eigenvalue weighted by Gasteiger charge is 2.00. The highest BCUT2D eigenvalue weighted by Crippen LogP contribution is 2.08. The van der Waals surface area contributed by atoms with Gasteiger partial charge < -0.3 is 0 Å². The van der Waals surface area contributed by atoms with Crippen LogP contribution >= 0.6 is 25.3 Å². The zero-order valence-corrected chi connectivity index (χ0v) is 7.09. The number of hydrogen-bond acceptors (Lipinski definition) is 2. The monoisotopic (exact) mass is 150 g/mol. The van der Waals surface area contributed by atoms with Gasteiger partial charge in [0.1, 0.15) is 0 Å². The number of thiol groups is 2. The summed E-state index contributed by atoms with van der Waals surface area (Å²) in [6, 6.07) is 0. The van der Waals surface area contributed by atoms with Crippen molar-refractivity contribution in [1.82, 2.24) is 0 Å². The molecule has 0 unspecified atom stereocenters. The SMILES string of the molecule is CCCC(CS)CS. The fourth-order valence-corrected chi connectivity index (χ4v) is 1.48. The van der Waals surface area contributed by atoms with Crippen LogP contribution in [-0.4, -0.2) is 11.5 Å². The fourth-order valence-electron chi connectivity index (χ4n) is 0.649. The van der Waals surface area contributed by atoms with E-state index in [-0.39, 0.29) is 0 Å². The Bertz CT molecular complexity index is 41.8. The van der Waals surface area contributed by atoms with Gasteiger partial charge in [-0.05, 0) is 23.8 Å². The first-order valence-electron chi connectivity index (χ1n) is 3.06. The fraction of sp³-hybridized carbons (Fsp3) is 1.00. The summed E-state index contributed by atoms with van der Waals surface area (Å²) >= 11 is 8.36. The predicted octanol–water partition coefficient (Wildman–Crippen LogP) is 2.26. The number of hydrogen-bond donors (Lipinski definition) is 2. The van der Waals surface area contributed by atoms with Gasteiger partial charge in [0.2, 0.25) is 0 Å². The summed E-state index contributed by atoms with van der Waals surface area (Å²) in [5, 5.41) is 0. The van der Waals surface area contributed by atoms with Crippen molar-refractivity contribution in [2.75, 3.05) is 11.5 Å². The average molecular weight is 150 g/mol. The highest BCUT2D eigenvalue weighted by atomic mass is 32.1. The molecule has 0 radical (unpaired) electrons. The Labute approximate surface area is 62.9 Å². The second-order valence-corrected chi connectivity index (χ2v) is 2.75. The molecule has 50 valence electrons. The lowest BCUT2D eigenvalue weighted by Gasteiger charge is -2.07. The Kier molecular flexibility index (Phi) is 6.34. The second-order valence-electron chi connectivity index (χ2n) is 2.02. The summed E-state index contributed by atoms with van der Waals surface area (Å²) in [4.78, 5) is 0. The first kappa shape index (κ1) is 8.70. The minimum Gasteiger partial charge on any atom is -0.179 e. The molecule has 0 spiro atoms. The molecule has 0 aliphatic carbocycles. The van der Waals surface area contributed by atoms with Gasteiger partial charge >= 0.3 is 0 Å². The summed E-state index contributed by atoms with van der Waals surface area (Å²) in [5.74, 6) is 2.70. The van der Waals surface area contributed by atoms with E-state index in [4.69, 9.17) is 0 Å². The van der Waals surface area contributed by atoms with Crippen LogP contribution in [0.3, 0.4) is 0 Å². The van der Waals surface area contributed by atoms with Crippen LogP contribution in [0.1, 0.15) is 19.8 Å². The van der Waals surface area contributed by atoms with Crippen LogP contribution in [0.15, 0.2) is 0 Å². The molecule has 8 heavy (non-hydrogen) atoms. The van der Waals surface area contributed by atoms with Gasteiger partial charge in [0, 0.05) is 0 Å². The maximum Gasteiger partial charge on any atom is -0.00617 e. The molecule has 0 aliphatic rings. The normalized spacial score (nSPS) is 10.5. The Morgan fingerprint density at radius 2 is 1.75 bits per heavy atom. The minimum absolute atomic E-state index is 0.728. The molecule has 0 amide bonds. The van der Waals surface area contributed by atoms with Crippen LogP contribution in [-0.2, 0) is 0 Å². The van der Waals surface area contributed by atoms with Gasteiger partial charge in [0.05, 0.1) is 0 Å². The van der Waals surface area contributed by atoms with Crippen LogP contribution in [0.5, 0.6) is 0 Å². The van der Waals surface area contributed by atoms with E-state index in [1.54, 1.807) is 0 Å². The maximum absolute atomic E-state index is 4.18. The topological polar surface area (TPSA) is 0 Å². The average Bonchev–Trinajstić information content (AvgIpc) is 1.83. The lowest BCUT2D eigenvalue weighted by Crippen LogP contribution is -2.02. The van der Waals surface area contributed by atoms with Crippen LogP contribution < -0.4 is 0 Å². The Morgan fingerprint density at radius 3 is 1.88 bits per heavy atom. The largest absolute Gasteiger partial charge is 0.179 e. The highest BCUT2D eigenvalue weighted by molar-refractivity contribution is 7.81. The predicted molar refractivity (Wildman–Crippen MR) is 46.1 cm³/mol. The standard InChI is InChI=1S/C6H14S2/c1-2-3-6(4-7)5-8/h6-8H,2-5H2,1H3. The Balaban J connectivity index is 3.07. The van der Waals surface area contributed by atoms with Crippen molar-refractivity contribution in [3.63, 3.8) is 0 Å². The van der Waals surface area contributed by atoms with Crippen LogP contribution in [0.25, 0.3) is 0 Å². The molecule has 0 bridgehead atoms. The van der Waals surface area contributed by atoms with E-state index >= 15 is 0 Å². The van der Waals surface area contributed by atoms with Gasteiger partial charge in [-0.25, -0.2) is 0 Å². The molecule has 0 heterocycles. The third-order valence-corrected chi connectivity index (χ3v) is 2.25. The van der Waals surface area contributed by atoms with Gasteiger partial charge in [-0.2, -0.15) is 25.3 Å². The summed E-state index contributed by atoms with van der Waals surface area (Å²) in [6.45, 7) is 2.19. The van der Waals surface area contributed by atoms with E-state index in [9.17, 15) is 0 Å². The van der Waals surface area contributed by atoms with Gasteiger partial charge in [-0.15, -0.1) is 0 Å². The summed E-state index contributed by atoms with van der Waals surface area (Å²) in [5.41, 5.74) is 0. The third kappa shape index (κ3) is 3.67. The van der Waals surface area contributed by atoms with Crippen LogP contribution in [0.2, 0.25) is 0 Å². The molecule has 0 aromatic carbocycles. The van der Waals surface area contributed by atoms with E-state index in [0.717, 1.165) is 17.4 Å². The van der Waals surface area contributed by atoms with E-state index in [1.165, 1.54) is 12.8 Å². The minimum atomic E-state index is 0.728. The van der Waals surface area contributed by atoms with Crippen molar-refractivity contribution in [1.29, 1.82) is 0 Å². The van der Waals surface area contributed by atoms with E-state index < -0.39 is 0 Å². The van der Waals surface area contributed by atoms with Gasteiger partial charge in [-0.3, -0.25) is 0 Å². The zero-order chi connectivity index (χ0) is 6.41. The maximum atomic E-state index is 4.18. The molecule has 0 aromatic rings. The molecule has 2 heteroatoms. The molecule has 0 N–H and O–H groups in total. The van der Waals surface area contributed by atoms with Crippen molar-refractivity contribution >= 4 is 25.3 Å². The van der Waals surface area contributed by atoms with E-state index in [1.807, 2.05) is 0 Å². The molecule has 0 aliphatic heterocycles. The van der Waals surface area contributed by atoms with E-state index in [2.05, 4.69) is 32.2 Å². The molecular formula is C6H14S2. The van der Waals surface area contributed by atoms with Crippen molar-refractivity contribution in [2.45, 2.75) is 19.8 Å². The van der Waals surface area contributed by atoms with Gasteiger partial charge in [0.25, 0.3) is 0 Å². The molecule has 0 saturated heterocycles. The lowest BCUT2D eigenvalue weighted by molar-refractivity contribution is 0.597. The summed E-state index contributed by atoms with van der Waals surface area (Å²) < 4.78 is 0. The van der Waals surface area contributed by atoms with Crippen molar-refractivity contribution < 1.29 is 0 Å². The lowest BCUT2D eigenvalue weighted by atomic mass is 10.1. The van der Waals surface area contributed by atoms with Crippen molar-refractivity contribution in [3.8, 4) is 0 Å². The van der Waals surface area contributed by atoms with Gasteiger partial charge in [0.15, 0.2) is 0 Å². The molecule has 0 nitrogen and oxygen atoms in total. The Morgan fingerprint density at radius 1 is 1.25 bits per heavy atom. The second kappa shape index (κ2) is 5.83. The zero-order valence-electron chi connectivity index (χ0n) is 5.30. The summed E-state index contributed by atoms with van der Waals surface area (Å²) in [7, 11) is 0. The van der Waals surface area contributed by atoms with Crippen molar-refractivity contribution in [3.05, 3.63) is 0 Å². The van der Waals surface area contributed by atoms with E-state index in [0.29, 0.717) is 0 Å². The Hall–Kier alpha value is 0.700. The molecule has 0 atom stereocenters.